The molecule has 10 nitrogen and oxygen atoms in total. The fourth-order valence-electron chi connectivity index (χ4n) is 3.82. The fourth-order valence-corrected chi connectivity index (χ4v) is 3.82. The van der Waals surface area contributed by atoms with Gasteiger partial charge in [-0.2, -0.15) is 4.98 Å². The summed E-state index contributed by atoms with van der Waals surface area (Å²) in [6, 6.07) is 2.62. The summed E-state index contributed by atoms with van der Waals surface area (Å²) in [5.74, 6) is 7.15. The maximum Gasteiger partial charge on any atom is 0.322 e. The van der Waals surface area contributed by atoms with E-state index in [0.29, 0.717) is 42.2 Å². The molecule has 0 aromatic carbocycles. The first-order valence-electron chi connectivity index (χ1n) is 11.0. The Balaban J connectivity index is 1.95. The Morgan fingerprint density at radius 3 is 2.71 bits per heavy atom. The van der Waals surface area contributed by atoms with Crippen LogP contribution in [-0.2, 0) is 14.3 Å². The molecule has 1 aromatic rings. The average Bonchev–Trinajstić information content (AvgIpc) is 3.02. The lowest BCUT2D eigenvalue weighted by Crippen LogP contribution is -2.57. The van der Waals surface area contributed by atoms with Crippen molar-refractivity contribution in [1.82, 2.24) is 20.5 Å². The normalized spacial score (nSPS) is 16.2. The van der Waals surface area contributed by atoms with Gasteiger partial charge in [-0.3, -0.25) is 14.9 Å². The average molecular weight is 481 g/mol. The number of allylic oxidation sites excluding steroid dienone is 2. The summed E-state index contributed by atoms with van der Waals surface area (Å²) < 4.78 is 15.8. The Hall–Kier alpha value is -4.26. The first-order valence-corrected chi connectivity index (χ1v) is 11.0. The van der Waals surface area contributed by atoms with E-state index in [0.717, 1.165) is 5.57 Å². The van der Waals surface area contributed by atoms with E-state index in [9.17, 15) is 14.4 Å². The molecule has 2 N–H and O–H groups in total. The standard InChI is InChI=1S/C25H28N4O6/c1-5-25(28-24(32)26-16-30,12-11-17-9-10-21(34-3)27-22(17)35-4)15-29-14-18-7-6-8-19(33-2)13-20(18)23(29)31/h6,8-10,13,16H,5,7,14-15H2,1-4H3,(H2,26,28,30,32)/t25-/m1/s1. The number of rotatable bonds is 8. The van der Waals surface area contributed by atoms with Crippen molar-refractivity contribution in [2.24, 2.45) is 0 Å². The summed E-state index contributed by atoms with van der Waals surface area (Å²) in [6.07, 6.45) is 6.75. The number of methoxy groups -OCH3 is 3. The Morgan fingerprint density at radius 1 is 1.26 bits per heavy atom. The molecule has 10 heteroatoms. The van der Waals surface area contributed by atoms with E-state index in [2.05, 4.69) is 27.5 Å². The summed E-state index contributed by atoms with van der Waals surface area (Å²) in [4.78, 5) is 42.3. The quantitative estimate of drug-likeness (QED) is 0.429. The Labute approximate surface area is 204 Å². The number of urea groups is 1. The van der Waals surface area contributed by atoms with Crippen LogP contribution in [0.2, 0.25) is 0 Å². The summed E-state index contributed by atoms with van der Waals surface area (Å²) in [7, 11) is 4.51. The van der Waals surface area contributed by atoms with Crippen LogP contribution in [0.3, 0.4) is 0 Å². The van der Waals surface area contributed by atoms with Crippen molar-refractivity contribution in [3.63, 3.8) is 0 Å². The SMILES string of the molecule is CC[C@@](C#Cc1ccc(OC)nc1OC)(CN1CC2=C(C=C(OC)C=CC2)C1=O)NC(=O)NC=O. The van der Waals surface area contributed by atoms with Crippen LogP contribution < -0.4 is 20.1 Å². The first-order chi connectivity index (χ1) is 16.9. The van der Waals surface area contributed by atoms with Crippen LogP contribution >= 0.6 is 0 Å². The Morgan fingerprint density at radius 2 is 2.06 bits per heavy atom. The Bertz CT molecular complexity index is 1160. The van der Waals surface area contributed by atoms with Crippen molar-refractivity contribution < 1.29 is 28.6 Å². The van der Waals surface area contributed by atoms with Gasteiger partial charge in [0.2, 0.25) is 18.2 Å². The van der Waals surface area contributed by atoms with E-state index in [1.165, 1.54) is 14.2 Å². The molecule has 0 spiro atoms. The molecule has 0 saturated heterocycles. The maximum absolute atomic E-state index is 13.3. The molecule has 1 aliphatic carbocycles. The van der Waals surface area contributed by atoms with E-state index in [1.807, 2.05) is 19.1 Å². The zero-order valence-electron chi connectivity index (χ0n) is 20.1. The number of hydrogen-bond donors (Lipinski definition) is 2. The molecule has 0 bridgehead atoms. The molecule has 0 fully saturated rings. The molecule has 0 unspecified atom stereocenters. The van der Waals surface area contributed by atoms with E-state index in [4.69, 9.17) is 14.2 Å². The molecule has 184 valence electrons. The van der Waals surface area contributed by atoms with Gasteiger partial charge in [-0.15, -0.1) is 0 Å². The predicted molar refractivity (Wildman–Crippen MR) is 127 cm³/mol. The van der Waals surface area contributed by atoms with Crippen molar-refractivity contribution in [2.45, 2.75) is 25.3 Å². The molecule has 1 atom stereocenters. The van der Waals surface area contributed by atoms with Gasteiger partial charge in [0, 0.05) is 18.2 Å². The zero-order chi connectivity index (χ0) is 25.4. The highest BCUT2D eigenvalue weighted by atomic mass is 16.5. The van der Waals surface area contributed by atoms with Crippen molar-refractivity contribution in [3.8, 4) is 23.6 Å². The molecular formula is C25H28N4O6. The van der Waals surface area contributed by atoms with Gasteiger partial charge in [-0.25, -0.2) is 4.79 Å². The molecule has 35 heavy (non-hydrogen) atoms. The van der Waals surface area contributed by atoms with Gasteiger partial charge < -0.3 is 24.4 Å². The highest BCUT2D eigenvalue weighted by Crippen LogP contribution is 2.29. The van der Waals surface area contributed by atoms with Gasteiger partial charge in [-0.1, -0.05) is 24.8 Å². The largest absolute Gasteiger partial charge is 0.497 e. The lowest BCUT2D eigenvalue weighted by atomic mass is 9.95. The van der Waals surface area contributed by atoms with Crippen molar-refractivity contribution in [1.29, 1.82) is 0 Å². The van der Waals surface area contributed by atoms with Crippen molar-refractivity contribution in [2.75, 3.05) is 34.4 Å². The van der Waals surface area contributed by atoms with Gasteiger partial charge in [0.15, 0.2) is 0 Å². The lowest BCUT2D eigenvalue weighted by Gasteiger charge is -2.33. The summed E-state index contributed by atoms with van der Waals surface area (Å²) in [6.45, 7) is 2.32. The van der Waals surface area contributed by atoms with Crippen LogP contribution in [-0.4, -0.2) is 68.2 Å². The second-order valence-electron chi connectivity index (χ2n) is 7.85. The highest BCUT2D eigenvalue weighted by Gasteiger charge is 2.37. The number of aromatic nitrogens is 1. The first kappa shape index (κ1) is 25.4. The summed E-state index contributed by atoms with van der Waals surface area (Å²) in [5, 5.41) is 4.84. The van der Waals surface area contributed by atoms with Crippen LogP contribution in [0.1, 0.15) is 25.3 Å². The lowest BCUT2D eigenvalue weighted by molar-refractivity contribution is -0.125. The number of amides is 4. The van der Waals surface area contributed by atoms with Crippen LogP contribution in [0.25, 0.3) is 0 Å². The van der Waals surface area contributed by atoms with Gasteiger partial charge in [0.1, 0.15) is 11.3 Å². The minimum Gasteiger partial charge on any atom is -0.497 e. The Kier molecular flexibility index (Phi) is 8.15. The molecule has 0 radical (unpaired) electrons. The third-order valence-electron chi connectivity index (χ3n) is 5.73. The van der Waals surface area contributed by atoms with Gasteiger partial charge in [-0.05, 0) is 36.6 Å². The third-order valence-corrected chi connectivity index (χ3v) is 5.73. The zero-order valence-corrected chi connectivity index (χ0v) is 20.1. The number of hydrogen-bond acceptors (Lipinski definition) is 7. The maximum atomic E-state index is 13.3. The molecule has 4 amide bonds. The molecule has 2 heterocycles. The number of nitrogens with one attached hydrogen (secondary N) is 2. The highest BCUT2D eigenvalue weighted by molar-refractivity contribution is 6.00. The minimum atomic E-state index is -1.16. The van der Waals surface area contributed by atoms with Crippen LogP contribution in [0.15, 0.2) is 47.3 Å². The van der Waals surface area contributed by atoms with E-state index in [-0.39, 0.29) is 24.7 Å². The number of carbonyl (C=O) groups is 3. The fraction of sp³-hybridized carbons (Fsp3) is 0.360. The number of nitrogens with zero attached hydrogens (tertiary/aromatic N) is 2. The van der Waals surface area contributed by atoms with Crippen LogP contribution in [0.4, 0.5) is 4.79 Å². The second-order valence-corrected chi connectivity index (χ2v) is 7.85. The molecule has 0 saturated carbocycles. The predicted octanol–water partition coefficient (Wildman–Crippen LogP) is 1.68. The number of imide groups is 1. The van der Waals surface area contributed by atoms with E-state index < -0.39 is 11.6 Å². The molecule has 2 aliphatic rings. The number of carbonyl (C=O) groups excluding carboxylic acids is 3. The molecule has 1 aromatic heterocycles. The van der Waals surface area contributed by atoms with Crippen molar-refractivity contribution in [3.05, 3.63) is 52.8 Å². The molecule has 1 aliphatic heterocycles. The molecular weight excluding hydrogens is 452 g/mol. The second kappa shape index (κ2) is 11.2. The smallest absolute Gasteiger partial charge is 0.322 e. The topological polar surface area (TPSA) is 119 Å². The summed E-state index contributed by atoms with van der Waals surface area (Å²) >= 11 is 0. The van der Waals surface area contributed by atoms with Gasteiger partial charge in [0.05, 0.1) is 33.4 Å². The van der Waals surface area contributed by atoms with E-state index in [1.54, 1.807) is 30.2 Å². The number of pyridine rings is 1. The third kappa shape index (κ3) is 5.81. The van der Waals surface area contributed by atoms with Gasteiger partial charge in [0.25, 0.3) is 5.91 Å². The minimum absolute atomic E-state index is 0.0976. The molecule has 3 rings (SSSR count). The van der Waals surface area contributed by atoms with Crippen molar-refractivity contribution >= 4 is 18.3 Å². The van der Waals surface area contributed by atoms with Crippen LogP contribution in [0.5, 0.6) is 11.8 Å². The van der Waals surface area contributed by atoms with E-state index >= 15 is 0 Å². The van der Waals surface area contributed by atoms with Crippen LogP contribution in [0, 0.1) is 11.8 Å². The summed E-state index contributed by atoms with van der Waals surface area (Å²) in [5.41, 5.74) is 0.836. The van der Waals surface area contributed by atoms with Gasteiger partial charge >= 0.3 is 6.03 Å². The number of ether oxygens (including phenoxy) is 3. The monoisotopic (exact) mass is 480 g/mol.